The van der Waals surface area contributed by atoms with E-state index >= 15 is 0 Å². The Bertz CT molecular complexity index is 317. The Morgan fingerprint density at radius 1 is 1.53 bits per heavy atom. The van der Waals surface area contributed by atoms with Gasteiger partial charge in [0.05, 0.1) is 6.54 Å². The van der Waals surface area contributed by atoms with Crippen LogP contribution in [0.15, 0.2) is 0 Å². The normalized spacial score (nSPS) is 22.3. The van der Waals surface area contributed by atoms with Crippen LogP contribution >= 0.6 is 11.3 Å². The summed E-state index contributed by atoms with van der Waals surface area (Å²) in [6.45, 7) is 3.28. The lowest BCUT2D eigenvalue weighted by Gasteiger charge is -2.13. The van der Waals surface area contributed by atoms with Crippen LogP contribution in [-0.2, 0) is 6.54 Å². The predicted molar refractivity (Wildman–Crippen MR) is 59.4 cm³/mol. The highest BCUT2D eigenvalue weighted by atomic mass is 32.1. The van der Waals surface area contributed by atoms with Crippen molar-refractivity contribution in [1.29, 1.82) is 0 Å². The number of aromatic nitrogens is 2. The largest absolute Gasteiger partial charge is 0.396 e. The Morgan fingerprint density at radius 3 is 3.07 bits per heavy atom. The van der Waals surface area contributed by atoms with E-state index in [1.54, 1.807) is 0 Å². The van der Waals surface area contributed by atoms with Crippen LogP contribution in [-0.4, -0.2) is 39.9 Å². The van der Waals surface area contributed by atoms with Gasteiger partial charge in [0.25, 0.3) is 0 Å². The van der Waals surface area contributed by atoms with Gasteiger partial charge in [-0.25, -0.2) is 0 Å². The molecule has 15 heavy (non-hydrogen) atoms. The molecule has 0 aromatic carbocycles. The van der Waals surface area contributed by atoms with Gasteiger partial charge in [-0.3, -0.25) is 4.90 Å². The molecule has 5 nitrogen and oxygen atoms in total. The van der Waals surface area contributed by atoms with Crippen molar-refractivity contribution < 1.29 is 5.11 Å². The van der Waals surface area contributed by atoms with Crippen LogP contribution in [0.5, 0.6) is 0 Å². The van der Waals surface area contributed by atoms with E-state index in [4.69, 9.17) is 10.8 Å². The van der Waals surface area contributed by atoms with Crippen LogP contribution < -0.4 is 5.73 Å². The van der Waals surface area contributed by atoms with Crippen LogP contribution in [0.3, 0.4) is 0 Å². The molecule has 2 rings (SSSR count). The summed E-state index contributed by atoms with van der Waals surface area (Å²) in [6.07, 6.45) is 2.09. The Morgan fingerprint density at radius 2 is 2.40 bits per heavy atom. The molecule has 1 atom stereocenters. The minimum atomic E-state index is 0.296. The maximum atomic E-state index is 8.85. The first-order valence-corrected chi connectivity index (χ1v) is 6.00. The molecule has 1 saturated heterocycles. The first-order chi connectivity index (χ1) is 7.28. The fourth-order valence-corrected chi connectivity index (χ4v) is 2.65. The predicted octanol–water partition coefficient (Wildman–Crippen LogP) is 0.325. The number of nitrogens with two attached hydrogens (primary N) is 1. The number of aliphatic hydroxyl groups excluding tert-OH is 1. The van der Waals surface area contributed by atoms with Crippen molar-refractivity contribution >= 4 is 16.5 Å². The van der Waals surface area contributed by atoms with E-state index < -0.39 is 0 Å². The smallest absolute Gasteiger partial charge is 0.203 e. The molecule has 1 aromatic heterocycles. The monoisotopic (exact) mass is 228 g/mol. The summed E-state index contributed by atoms with van der Waals surface area (Å²) in [7, 11) is 0. The molecule has 2 heterocycles. The van der Waals surface area contributed by atoms with Crippen molar-refractivity contribution in [3.05, 3.63) is 5.01 Å². The van der Waals surface area contributed by atoms with E-state index in [2.05, 4.69) is 15.1 Å². The molecule has 0 aliphatic carbocycles. The molecule has 0 bridgehead atoms. The maximum Gasteiger partial charge on any atom is 0.203 e. The number of likely N-dealkylation sites (tertiary alicyclic amines) is 1. The number of hydrogen-bond donors (Lipinski definition) is 2. The molecule has 0 amide bonds. The third-order valence-electron chi connectivity index (χ3n) is 2.75. The number of nitrogen functional groups attached to an aromatic ring is 1. The molecule has 0 spiro atoms. The molecule has 3 N–H and O–H groups in total. The average molecular weight is 228 g/mol. The van der Waals surface area contributed by atoms with Crippen LogP contribution in [0.25, 0.3) is 0 Å². The molecule has 84 valence electrons. The minimum Gasteiger partial charge on any atom is -0.396 e. The van der Waals surface area contributed by atoms with Crippen molar-refractivity contribution in [2.45, 2.75) is 19.4 Å². The van der Waals surface area contributed by atoms with E-state index in [0.717, 1.165) is 31.1 Å². The molecule has 1 aromatic rings. The quantitative estimate of drug-likeness (QED) is 0.776. The molecule has 1 aliphatic rings. The van der Waals surface area contributed by atoms with Crippen LogP contribution in [0, 0.1) is 5.92 Å². The maximum absolute atomic E-state index is 8.85. The van der Waals surface area contributed by atoms with E-state index in [9.17, 15) is 0 Å². The van der Waals surface area contributed by atoms with Gasteiger partial charge in [0, 0.05) is 13.2 Å². The van der Waals surface area contributed by atoms with E-state index in [1.807, 2.05) is 0 Å². The molecular formula is C9H16N4OS. The third kappa shape index (κ3) is 2.87. The molecular weight excluding hydrogens is 212 g/mol. The lowest BCUT2D eigenvalue weighted by atomic mass is 10.1. The highest BCUT2D eigenvalue weighted by molar-refractivity contribution is 7.15. The summed E-state index contributed by atoms with van der Waals surface area (Å²) >= 11 is 1.45. The number of hydrogen-bond acceptors (Lipinski definition) is 6. The second-order valence-electron chi connectivity index (χ2n) is 3.94. The van der Waals surface area contributed by atoms with Gasteiger partial charge in [-0.1, -0.05) is 11.3 Å². The van der Waals surface area contributed by atoms with Crippen molar-refractivity contribution in [1.82, 2.24) is 15.1 Å². The first-order valence-electron chi connectivity index (χ1n) is 5.19. The van der Waals surface area contributed by atoms with Crippen molar-refractivity contribution in [2.24, 2.45) is 5.92 Å². The zero-order valence-electron chi connectivity index (χ0n) is 8.59. The fourth-order valence-electron chi connectivity index (χ4n) is 2.00. The average Bonchev–Trinajstić information content (AvgIpc) is 2.78. The number of anilines is 1. The SMILES string of the molecule is Nc1nnc(CN2CCC(CCO)C2)s1. The van der Waals surface area contributed by atoms with Gasteiger partial charge >= 0.3 is 0 Å². The Hall–Kier alpha value is -0.720. The molecule has 0 saturated carbocycles. The summed E-state index contributed by atoms with van der Waals surface area (Å²) in [5.74, 6) is 0.639. The molecule has 1 unspecified atom stereocenters. The van der Waals surface area contributed by atoms with E-state index in [0.29, 0.717) is 17.7 Å². The first kappa shape index (κ1) is 10.8. The molecule has 1 fully saturated rings. The van der Waals surface area contributed by atoms with Crippen molar-refractivity contribution in [3.63, 3.8) is 0 Å². The van der Waals surface area contributed by atoms with Gasteiger partial charge in [-0.15, -0.1) is 10.2 Å². The molecule has 1 aliphatic heterocycles. The van der Waals surface area contributed by atoms with Gasteiger partial charge in [-0.05, 0) is 25.3 Å². The standard InChI is InChI=1S/C9H16N4OS/c10-9-12-11-8(15-9)6-13-3-1-7(5-13)2-4-14/h7,14H,1-6H2,(H2,10,12). The highest BCUT2D eigenvalue weighted by Gasteiger charge is 2.22. The Kier molecular flexibility index (Phi) is 3.50. The fraction of sp³-hybridized carbons (Fsp3) is 0.778. The van der Waals surface area contributed by atoms with Gasteiger partial charge in [0.2, 0.25) is 5.13 Å². The van der Waals surface area contributed by atoms with Gasteiger partial charge in [0.15, 0.2) is 0 Å². The third-order valence-corrected chi connectivity index (χ3v) is 3.49. The zero-order chi connectivity index (χ0) is 10.7. The lowest BCUT2D eigenvalue weighted by Crippen LogP contribution is -2.20. The summed E-state index contributed by atoms with van der Waals surface area (Å²) < 4.78 is 0. The van der Waals surface area contributed by atoms with Crippen LogP contribution in [0.2, 0.25) is 0 Å². The number of aliphatic hydroxyl groups is 1. The second kappa shape index (κ2) is 4.87. The van der Waals surface area contributed by atoms with Crippen LogP contribution in [0.1, 0.15) is 17.8 Å². The summed E-state index contributed by atoms with van der Waals surface area (Å²) in [6, 6.07) is 0. The summed E-state index contributed by atoms with van der Waals surface area (Å²) in [5, 5.41) is 18.2. The lowest BCUT2D eigenvalue weighted by molar-refractivity contribution is 0.249. The molecule has 0 radical (unpaired) electrons. The number of nitrogens with zero attached hydrogens (tertiary/aromatic N) is 3. The summed E-state index contributed by atoms with van der Waals surface area (Å²) in [4.78, 5) is 2.35. The summed E-state index contributed by atoms with van der Waals surface area (Å²) in [5.41, 5.74) is 5.52. The second-order valence-corrected chi connectivity index (χ2v) is 5.03. The van der Waals surface area contributed by atoms with Gasteiger partial charge in [0.1, 0.15) is 5.01 Å². The van der Waals surface area contributed by atoms with Crippen molar-refractivity contribution in [3.8, 4) is 0 Å². The van der Waals surface area contributed by atoms with Crippen LogP contribution in [0.4, 0.5) is 5.13 Å². The van der Waals surface area contributed by atoms with Gasteiger partial charge < -0.3 is 10.8 Å². The van der Waals surface area contributed by atoms with Crippen molar-refractivity contribution in [2.75, 3.05) is 25.4 Å². The molecule has 6 heteroatoms. The Balaban J connectivity index is 1.82. The Labute approximate surface area is 92.9 Å². The number of rotatable bonds is 4. The highest BCUT2D eigenvalue weighted by Crippen LogP contribution is 2.22. The zero-order valence-corrected chi connectivity index (χ0v) is 9.41. The van der Waals surface area contributed by atoms with E-state index in [-0.39, 0.29) is 0 Å². The van der Waals surface area contributed by atoms with E-state index in [1.165, 1.54) is 17.8 Å². The van der Waals surface area contributed by atoms with Gasteiger partial charge in [-0.2, -0.15) is 0 Å². The minimum absolute atomic E-state index is 0.296. The topological polar surface area (TPSA) is 75.3 Å².